The number of methoxy groups -OCH3 is 1. The standard InChI is InChI=1S/C14H19F2NO3/c1-17(11-14(15,16)8-9-19-2)13(18)20-10-12-6-4-3-5-7-12/h3-7H,8-11H2,1-2H3. The molecule has 1 rings (SSSR count). The lowest BCUT2D eigenvalue weighted by Gasteiger charge is -2.23. The maximum atomic E-state index is 13.5. The van der Waals surface area contributed by atoms with E-state index >= 15 is 0 Å². The van der Waals surface area contributed by atoms with E-state index in [0.717, 1.165) is 10.5 Å². The minimum atomic E-state index is -2.99. The van der Waals surface area contributed by atoms with E-state index in [4.69, 9.17) is 4.74 Å². The van der Waals surface area contributed by atoms with Gasteiger partial charge in [-0.1, -0.05) is 30.3 Å². The lowest BCUT2D eigenvalue weighted by Crippen LogP contribution is -2.39. The van der Waals surface area contributed by atoms with Crippen LogP contribution in [-0.2, 0) is 16.1 Å². The summed E-state index contributed by atoms with van der Waals surface area (Å²) >= 11 is 0. The smallest absolute Gasteiger partial charge is 0.410 e. The van der Waals surface area contributed by atoms with Gasteiger partial charge < -0.3 is 14.4 Å². The molecule has 112 valence electrons. The van der Waals surface area contributed by atoms with E-state index in [9.17, 15) is 13.6 Å². The van der Waals surface area contributed by atoms with Crippen LogP contribution < -0.4 is 0 Å². The van der Waals surface area contributed by atoms with Crippen LogP contribution in [-0.4, -0.2) is 44.2 Å². The zero-order chi connectivity index (χ0) is 15.0. The summed E-state index contributed by atoms with van der Waals surface area (Å²) in [6, 6.07) is 9.05. The number of amides is 1. The number of alkyl halides is 2. The summed E-state index contributed by atoms with van der Waals surface area (Å²) in [7, 11) is 2.64. The first-order chi connectivity index (χ1) is 9.44. The largest absolute Gasteiger partial charge is 0.445 e. The van der Waals surface area contributed by atoms with Crippen LogP contribution in [0, 0.1) is 0 Å². The molecule has 20 heavy (non-hydrogen) atoms. The van der Waals surface area contributed by atoms with Gasteiger partial charge in [-0.15, -0.1) is 0 Å². The van der Waals surface area contributed by atoms with Gasteiger partial charge in [0.15, 0.2) is 0 Å². The van der Waals surface area contributed by atoms with Crippen molar-refractivity contribution in [2.45, 2.75) is 19.0 Å². The molecule has 0 fully saturated rings. The van der Waals surface area contributed by atoms with Crippen LogP contribution in [0.4, 0.5) is 13.6 Å². The Kier molecular flexibility index (Phi) is 6.38. The third-order valence-electron chi connectivity index (χ3n) is 2.66. The zero-order valence-corrected chi connectivity index (χ0v) is 11.6. The number of ether oxygens (including phenoxy) is 2. The number of hydrogen-bond acceptors (Lipinski definition) is 3. The third kappa shape index (κ3) is 5.97. The second kappa shape index (κ2) is 7.79. The van der Waals surface area contributed by atoms with Crippen molar-refractivity contribution < 1.29 is 23.0 Å². The Hall–Kier alpha value is -1.69. The second-order valence-corrected chi connectivity index (χ2v) is 4.49. The van der Waals surface area contributed by atoms with E-state index in [-0.39, 0.29) is 13.2 Å². The van der Waals surface area contributed by atoms with Crippen molar-refractivity contribution in [3.63, 3.8) is 0 Å². The Balaban J connectivity index is 2.39. The SMILES string of the molecule is COCCC(F)(F)CN(C)C(=O)OCc1ccccc1. The van der Waals surface area contributed by atoms with Crippen LogP contribution in [0.15, 0.2) is 30.3 Å². The molecule has 0 radical (unpaired) electrons. The highest BCUT2D eigenvalue weighted by atomic mass is 19.3. The topological polar surface area (TPSA) is 38.8 Å². The third-order valence-corrected chi connectivity index (χ3v) is 2.66. The average Bonchev–Trinajstić information content (AvgIpc) is 2.43. The first-order valence-electron chi connectivity index (χ1n) is 6.23. The number of halogens is 2. The molecule has 0 bridgehead atoms. The van der Waals surface area contributed by atoms with E-state index in [1.807, 2.05) is 18.2 Å². The highest BCUT2D eigenvalue weighted by Gasteiger charge is 2.32. The molecule has 0 aromatic heterocycles. The molecular formula is C14H19F2NO3. The van der Waals surface area contributed by atoms with Crippen molar-refractivity contribution in [1.82, 2.24) is 4.90 Å². The summed E-state index contributed by atoms with van der Waals surface area (Å²) in [5.74, 6) is -2.99. The molecule has 0 N–H and O–H groups in total. The first-order valence-corrected chi connectivity index (χ1v) is 6.23. The predicted molar refractivity (Wildman–Crippen MR) is 70.7 cm³/mol. The Morgan fingerprint density at radius 3 is 2.55 bits per heavy atom. The molecule has 0 saturated heterocycles. The molecule has 0 heterocycles. The molecule has 0 aliphatic carbocycles. The summed E-state index contributed by atoms with van der Waals surface area (Å²) < 4.78 is 36.5. The van der Waals surface area contributed by atoms with E-state index in [0.29, 0.717) is 0 Å². The molecule has 1 aromatic rings. The van der Waals surface area contributed by atoms with Gasteiger partial charge in [0.25, 0.3) is 5.92 Å². The fourth-order valence-electron chi connectivity index (χ4n) is 1.57. The van der Waals surface area contributed by atoms with Crippen LogP contribution >= 0.6 is 0 Å². The number of carbonyl (C=O) groups excluding carboxylic acids is 1. The van der Waals surface area contributed by atoms with Crippen molar-refractivity contribution >= 4 is 6.09 Å². The number of nitrogens with zero attached hydrogens (tertiary/aromatic N) is 1. The highest BCUT2D eigenvalue weighted by Crippen LogP contribution is 2.19. The summed E-state index contributed by atoms with van der Waals surface area (Å²) in [6.07, 6.45) is -1.20. The van der Waals surface area contributed by atoms with E-state index in [1.165, 1.54) is 14.2 Å². The Morgan fingerprint density at radius 2 is 1.95 bits per heavy atom. The molecule has 0 aliphatic heterocycles. The molecule has 1 aromatic carbocycles. The first kappa shape index (κ1) is 16.4. The van der Waals surface area contributed by atoms with Gasteiger partial charge in [-0.3, -0.25) is 0 Å². The monoisotopic (exact) mass is 287 g/mol. The summed E-state index contributed by atoms with van der Waals surface area (Å²) in [4.78, 5) is 12.5. The number of carbonyl (C=O) groups is 1. The quantitative estimate of drug-likeness (QED) is 0.774. The lowest BCUT2D eigenvalue weighted by molar-refractivity contribution is -0.0478. The van der Waals surface area contributed by atoms with Gasteiger partial charge in [0.2, 0.25) is 0 Å². The van der Waals surface area contributed by atoms with Crippen molar-refractivity contribution in [2.75, 3.05) is 27.3 Å². The maximum Gasteiger partial charge on any atom is 0.410 e. The van der Waals surface area contributed by atoms with Crippen LogP contribution in [0.2, 0.25) is 0 Å². The molecule has 0 saturated carbocycles. The maximum absolute atomic E-state index is 13.5. The number of hydrogen-bond donors (Lipinski definition) is 0. The predicted octanol–water partition coefficient (Wildman–Crippen LogP) is 2.93. The summed E-state index contributed by atoms with van der Waals surface area (Å²) in [5.41, 5.74) is 0.806. The van der Waals surface area contributed by atoms with Crippen LogP contribution in [0.25, 0.3) is 0 Å². The van der Waals surface area contributed by atoms with Crippen LogP contribution in [0.1, 0.15) is 12.0 Å². The van der Waals surface area contributed by atoms with Crippen molar-refractivity contribution in [3.05, 3.63) is 35.9 Å². The fourth-order valence-corrected chi connectivity index (χ4v) is 1.57. The van der Waals surface area contributed by atoms with E-state index < -0.39 is 25.0 Å². The van der Waals surface area contributed by atoms with Crippen LogP contribution in [0.5, 0.6) is 0 Å². The lowest BCUT2D eigenvalue weighted by atomic mass is 10.2. The Morgan fingerprint density at radius 1 is 1.30 bits per heavy atom. The van der Waals surface area contributed by atoms with E-state index in [1.54, 1.807) is 12.1 Å². The molecule has 6 heteroatoms. The molecule has 1 amide bonds. The molecular weight excluding hydrogens is 268 g/mol. The molecule has 0 aliphatic rings. The Bertz CT molecular complexity index is 412. The number of benzene rings is 1. The van der Waals surface area contributed by atoms with Crippen molar-refractivity contribution in [3.8, 4) is 0 Å². The average molecular weight is 287 g/mol. The summed E-state index contributed by atoms with van der Waals surface area (Å²) in [6.45, 7) is -0.683. The molecule has 4 nitrogen and oxygen atoms in total. The van der Waals surface area contributed by atoms with Gasteiger partial charge in [0.05, 0.1) is 13.2 Å². The van der Waals surface area contributed by atoms with Gasteiger partial charge in [-0.25, -0.2) is 13.6 Å². The minimum Gasteiger partial charge on any atom is -0.445 e. The van der Waals surface area contributed by atoms with Gasteiger partial charge in [0.1, 0.15) is 6.61 Å². The minimum absolute atomic E-state index is 0.0557. The van der Waals surface area contributed by atoms with Gasteiger partial charge in [0, 0.05) is 20.6 Å². The Labute approximate surface area is 117 Å². The zero-order valence-electron chi connectivity index (χ0n) is 11.6. The molecule has 0 unspecified atom stereocenters. The number of rotatable bonds is 7. The fraction of sp³-hybridized carbons (Fsp3) is 0.500. The summed E-state index contributed by atoms with van der Waals surface area (Å²) in [5, 5.41) is 0. The molecule has 0 atom stereocenters. The second-order valence-electron chi connectivity index (χ2n) is 4.49. The van der Waals surface area contributed by atoms with Gasteiger partial charge >= 0.3 is 6.09 Å². The van der Waals surface area contributed by atoms with Crippen molar-refractivity contribution in [2.24, 2.45) is 0 Å². The van der Waals surface area contributed by atoms with Gasteiger partial charge in [-0.05, 0) is 5.56 Å². The van der Waals surface area contributed by atoms with E-state index in [2.05, 4.69) is 4.74 Å². The van der Waals surface area contributed by atoms with Gasteiger partial charge in [-0.2, -0.15) is 0 Å². The highest BCUT2D eigenvalue weighted by molar-refractivity contribution is 5.67. The normalized spacial score (nSPS) is 11.2. The van der Waals surface area contributed by atoms with Crippen LogP contribution in [0.3, 0.4) is 0 Å². The molecule has 0 spiro atoms. The van der Waals surface area contributed by atoms with Crippen molar-refractivity contribution in [1.29, 1.82) is 0 Å².